The van der Waals surface area contributed by atoms with Crippen LogP contribution in [-0.2, 0) is 11.2 Å². The molecule has 0 radical (unpaired) electrons. The third-order valence-electron chi connectivity index (χ3n) is 3.99. The van der Waals surface area contributed by atoms with Gasteiger partial charge in [0.25, 0.3) is 0 Å². The average Bonchev–Trinajstić information content (AvgIpc) is 3.02. The molecule has 1 atom stereocenters. The molecule has 0 fully saturated rings. The van der Waals surface area contributed by atoms with Gasteiger partial charge in [-0.3, -0.25) is 0 Å². The van der Waals surface area contributed by atoms with Gasteiger partial charge in [-0.05, 0) is 37.0 Å². The number of allylic oxidation sites excluding steroid dienone is 1. The largest absolute Gasteiger partial charge is 0.437 e. The van der Waals surface area contributed by atoms with E-state index in [1.165, 1.54) is 0 Å². The molecule has 0 saturated heterocycles. The minimum Gasteiger partial charge on any atom is -0.437 e. The number of thiazole rings is 1. The Morgan fingerprint density at radius 2 is 2.19 bits per heavy atom. The van der Waals surface area contributed by atoms with Crippen LogP contribution in [0.15, 0.2) is 36.5 Å². The van der Waals surface area contributed by atoms with E-state index in [2.05, 4.69) is 16.9 Å². The molecule has 3 rings (SSSR count). The fourth-order valence-electron chi connectivity index (χ4n) is 2.67. The van der Waals surface area contributed by atoms with Crippen molar-refractivity contribution < 1.29 is 9.53 Å². The van der Waals surface area contributed by atoms with Crippen molar-refractivity contribution in [3.8, 4) is 11.6 Å². The lowest BCUT2D eigenvalue weighted by Crippen LogP contribution is -1.97. The molecule has 0 N–H and O–H groups in total. The number of carbonyl (C=O) groups is 1. The van der Waals surface area contributed by atoms with Crippen LogP contribution in [0.3, 0.4) is 0 Å². The third kappa shape index (κ3) is 5.15. The number of fused-ring (bicyclic) bond motifs is 1. The van der Waals surface area contributed by atoms with Gasteiger partial charge in [0.15, 0.2) is 0 Å². The second-order valence-electron chi connectivity index (χ2n) is 6.49. The molecule has 0 saturated carbocycles. The summed E-state index contributed by atoms with van der Waals surface area (Å²) in [6.07, 6.45) is 7.16. The number of hydrogen-bond acceptors (Lipinski definition) is 5. The first-order valence-corrected chi connectivity index (χ1v) is 10.0. The molecular weight excluding hydrogens is 380 g/mol. The molecule has 4 nitrogen and oxygen atoms in total. The van der Waals surface area contributed by atoms with Gasteiger partial charge in [-0.1, -0.05) is 37.6 Å². The first-order chi connectivity index (χ1) is 12.9. The lowest BCUT2D eigenvalue weighted by molar-refractivity contribution is -0.117. The second-order valence-corrected chi connectivity index (χ2v) is 8.01. The highest BCUT2D eigenvalue weighted by molar-refractivity contribution is 7.18. The number of nitrogens with zero attached hydrogens (tertiary/aromatic N) is 2. The number of benzene rings is 1. The smallest absolute Gasteiger partial charge is 0.219 e. The van der Waals surface area contributed by atoms with Gasteiger partial charge in [0.1, 0.15) is 11.5 Å². The average molecular weight is 401 g/mol. The Morgan fingerprint density at radius 3 is 2.85 bits per heavy atom. The summed E-state index contributed by atoms with van der Waals surface area (Å²) in [7, 11) is 0. The summed E-state index contributed by atoms with van der Waals surface area (Å²) < 4.78 is 6.91. The number of rotatable bonds is 7. The van der Waals surface area contributed by atoms with Gasteiger partial charge in [-0.2, -0.15) is 0 Å². The molecule has 0 aliphatic rings. The van der Waals surface area contributed by atoms with Crippen LogP contribution in [0.2, 0.25) is 5.02 Å². The molecule has 3 aromatic rings. The number of halogens is 1. The first kappa shape index (κ1) is 19.5. The topological polar surface area (TPSA) is 52.1 Å². The Labute approximate surface area is 167 Å². The summed E-state index contributed by atoms with van der Waals surface area (Å²) in [6.45, 7) is 5.71. The number of ether oxygens (including phenoxy) is 1. The lowest BCUT2D eigenvalue weighted by atomic mass is 10.0. The number of aryl methyl sites for hydroxylation is 1. The van der Waals surface area contributed by atoms with E-state index in [0.717, 1.165) is 27.2 Å². The van der Waals surface area contributed by atoms with Crippen LogP contribution >= 0.6 is 22.9 Å². The highest BCUT2D eigenvalue weighted by Gasteiger charge is 2.10. The van der Waals surface area contributed by atoms with Crippen molar-refractivity contribution in [2.24, 2.45) is 5.92 Å². The van der Waals surface area contributed by atoms with Crippen molar-refractivity contribution in [1.29, 1.82) is 0 Å². The predicted molar refractivity (Wildman–Crippen MR) is 112 cm³/mol. The monoisotopic (exact) mass is 400 g/mol. The van der Waals surface area contributed by atoms with Gasteiger partial charge in [0.2, 0.25) is 5.88 Å². The van der Waals surface area contributed by atoms with Crippen molar-refractivity contribution in [3.63, 3.8) is 0 Å². The van der Waals surface area contributed by atoms with Crippen LogP contribution < -0.4 is 4.74 Å². The van der Waals surface area contributed by atoms with Gasteiger partial charge in [0.05, 0.1) is 20.2 Å². The number of pyridine rings is 1. The number of aromatic nitrogens is 2. The van der Waals surface area contributed by atoms with Crippen molar-refractivity contribution in [2.45, 2.75) is 33.6 Å². The van der Waals surface area contributed by atoms with Gasteiger partial charge in [-0.15, -0.1) is 11.3 Å². The van der Waals surface area contributed by atoms with E-state index in [-0.39, 0.29) is 11.7 Å². The van der Waals surface area contributed by atoms with E-state index in [1.807, 2.05) is 37.3 Å². The Hall–Kier alpha value is -2.24. The van der Waals surface area contributed by atoms with Crippen molar-refractivity contribution >= 4 is 45.0 Å². The van der Waals surface area contributed by atoms with Gasteiger partial charge in [0, 0.05) is 24.8 Å². The van der Waals surface area contributed by atoms with Crippen LogP contribution in [0.4, 0.5) is 0 Å². The highest BCUT2D eigenvalue weighted by atomic mass is 35.5. The normalized spacial score (nSPS) is 12.6. The summed E-state index contributed by atoms with van der Waals surface area (Å²) >= 11 is 7.98. The predicted octanol–water partition coefficient (Wildman–Crippen LogP) is 6.33. The molecule has 0 spiro atoms. The minimum atomic E-state index is 0.190. The van der Waals surface area contributed by atoms with Crippen LogP contribution in [0.25, 0.3) is 16.3 Å². The van der Waals surface area contributed by atoms with E-state index in [1.54, 1.807) is 30.5 Å². The Balaban J connectivity index is 1.72. The SMILES string of the molecule is CCc1nc2cc(Cl)c(Oc3ccc(/C=C/[C@H](C)CC(C)=O)cn3)cc2s1. The molecule has 0 amide bonds. The zero-order valence-electron chi connectivity index (χ0n) is 15.5. The first-order valence-electron chi connectivity index (χ1n) is 8.85. The fourth-order valence-corrected chi connectivity index (χ4v) is 3.78. The summed E-state index contributed by atoms with van der Waals surface area (Å²) in [5, 5.41) is 1.59. The number of carbonyl (C=O) groups excluding carboxylic acids is 1. The number of hydrogen-bond donors (Lipinski definition) is 0. The van der Waals surface area contributed by atoms with E-state index in [0.29, 0.717) is 23.1 Å². The molecule has 0 unspecified atom stereocenters. The highest BCUT2D eigenvalue weighted by Crippen LogP contribution is 2.35. The molecule has 0 bridgehead atoms. The Morgan fingerprint density at radius 1 is 1.37 bits per heavy atom. The molecule has 0 aliphatic heterocycles. The van der Waals surface area contributed by atoms with E-state index < -0.39 is 0 Å². The summed E-state index contributed by atoms with van der Waals surface area (Å²) in [5.41, 5.74) is 1.84. The van der Waals surface area contributed by atoms with Crippen LogP contribution in [0.5, 0.6) is 11.6 Å². The molecule has 0 aliphatic carbocycles. The molecule has 6 heteroatoms. The zero-order chi connectivity index (χ0) is 19.4. The fraction of sp³-hybridized carbons (Fsp3) is 0.286. The van der Waals surface area contributed by atoms with Gasteiger partial charge >= 0.3 is 0 Å². The maximum Gasteiger partial charge on any atom is 0.219 e. The van der Waals surface area contributed by atoms with Gasteiger partial charge in [-0.25, -0.2) is 9.97 Å². The molecule has 140 valence electrons. The lowest BCUT2D eigenvalue weighted by Gasteiger charge is -2.07. The minimum absolute atomic E-state index is 0.190. The summed E-state index contributed by atoms with van der Waals surface area (Å²) in [4.78, 5) is 20.0. The third-order valence-corrected chi connectivity index (χ3v) is 5.45. The molecule has 2 aromatic heterocycles. The zero-order valence-corrected chi connectivity index (χ0v) is 17.1. The molecule has 1 aromatic carbocycles. The molecule has 2 heterocycles. The van der Waals surface area contributed by atoms with Crippen molar-refractivity contribution in [3.05, 3.63) is 52.1 Å². The quantitative estimate of drug-likeness (QED) is 0.465. The van der Waals surface area contributed by atoms with Crippen molar-refractivity contribution in [2.75, 3.05) is 0 Å². The molecular formula is C21H21ClN2O2S. The summed E-state index contributed by atoms with van der Waals surface area (Å²) in [5.74, 6) is 1.44. The maximum absolute atomic E-state index is 11.1. The number of Topliss-reactive ketones (excluding diaryl/α,β-unsaturated/α-hetero) is 1. The van der Waals surface area contributed by atoms with E-state index in [9.17, 15) is 4.79 Å². The molecule has 27 heavy (non-hydrogen) atoms. The van der Waals surface area contributed by atoms with E-state index >= 15 is 0 Å². The van der Waals surface area contributed by atoms with Crippen molar-refractivity contribution in [1.82, 2.24) is 9.97 Å². The second kappa shape index (κ2) is 8.63. The van der Waals surface area contributed by atoms with Crippen LogP contribution in [0, 0.1) is 5.92 Å². The maximum atomic E-state index is 11.1. The van der Waals surface area contributed by atoms with Crippen LogP contribution in [0.1, 0.15) is 37.8 Å². The Bertz CT molecular complexity index is 980. The Kier molecular flexibility index (Phi) is 6.24. The van der Waals surface area contributed by atoms with E-state index in [4.69, 9.17) is 16.3 Å². The standard InChI is InChI=1S/C21H21ClN2O2S/c1-4-21-24-17-10-16(22)18(11-19(17)27-21)26-20-8-7-15(12-23-20)6-5-13(2)9-14(3)25/h5-8,10-13H,4,9H2,1-3H3/b6-5+/t13-/m0/s1. The van der Waals surface area contributed by atoms with Crippen LogP contribution in [-0.4, -0.2) is 15.8 Å². The summed E-state index contributed by atoms with van der Waals surface area (Å²) in [6, 6.07) is 7.47. The number of ketones is 1. The van der Waals surface area contributed by atoms with Gasteiger partial charge < -0.3 is 9.53 Å².